The molecule has 0 fully saturated rings. The number of carbonyl (C=O) groups is 1. The number of aryl methyl sites for hydroxylation is 2. The van der Waals surface area contributed by atoms with E-state index in [0.29, 0.717) is 6.42 Å². The summed E-state index contributed by atoms with van der Waals surface area (Å²) in [6, 6.07) is 10.6. The molecule has 0 aliphatic rings. The third kappa shape index (κ3) is 4.20. The molecule has 106 valence electrons. The van der Waals surface area contributed by atoms with Gasteiger partial charge in [-0.15, -0.1) is 0 Å². The van der Waals surface area contributed by atoms with Crippen LogP contribution >= 0.6 is 11.3 Å². The van der Waals surface area contributed by atoms with E-state index < -0.39 is 0 Å². The van der Waals surface area contributed by atoms with Crippen LogP contribution in [0.5, 0.6) is 0 Å². The van der Waals surface area contributed by atoms with Gasteiger partial charge >= 0.3 is 0 Å². The number of hydrogen-bond donors (Lipinski definition) is 1. The Balaban J connectivity index is 1.83. The molecule has 1 aromatic carbocycles. The van der Waals surface area contributed by atoms with Crippen molar-refractivity contribution in [2.45, 2.75) is 39.2 Å². The van der Waals surface area contributed by atoms with Gasteiger partial charge in [-0.3, -0.25) is 4.79 Å². The SMILES string of the molecule is CCc1ccc(C(C)NC(=O)CCc2ccsc2)cc1. The summed E-state index contributed by atoms with van der Waals surface area (Å²) in [5.41, 5.74) is 3.72. The predicted octanol–water partition coefficient (Wildman–Crippen LogP) is 4.12. The van der Waals surface area contributed by atoms with Crippen LogP contribution in [-0.2, 0) is 17.6 Å². The van der Waals surface area contributed by atoms with E-state index in [9.17, 15) is 4.79 Å². The van der Waals surface area contributed by atoms with Crippen molar-refractivity contribution in [2.75, 3.05) is 0 Å². The van der Waals surface area contributed by atoms with Crippen molar-refractivity contribution in [2.24, 2.45) is 0 Å². The molecule has 2 rings (SSSR count). The van der Waals surface area contributed by atoms with Crippen molar-refractivity contribution in [1.29, 1.82) is 0 Å². The van der Waals surface area contributed by atoms with Crippen LogP contribution in [0.2, 0.25) is 0 Å². The van der Waals surface area contributed by atoms with E-state index in [1.54, 1.807) is 11.3 Å². The molecule has 0 bridgehead atoms. The third-order valence-electron chi connectivity index (χ3n) is 3.49. The number of thiophene rings is 1. The zero-order valence-corrected chi connectivity index (χ0v) is 12.9. The standard InChI is InChI=1S/C17H21NOS/c1-3-14-4-7-16(8-5-14)13(2)18-17(19)9-6-15-10-11-20-12-15/h4-5,7-8,10-13H,3,6,9H2,1-2H3,(H,18,19). The summed E-state index contributed by atoms with van der Waals surface area (Å²) in [6.45, 7) is 4.17. The van der Waals surface area contributed by atoms with Gasteiger partial charge in [0.15, 0.2) is 0 Å². The summed E-state index contributed by atoms with van der Waals surface area (Å²) in [5, 5.41) is 7.20. The molecule has 2 aromatic rings. The van der Waals surface area contributed by atoms with Crippen LogP contribution in [0.1, 0.15) is 43.0 Å². The summed E-state index contributed by atoms with van der Waals surface area (Å²) >= 11 is 1.67. The first-order chi connectivity index (χ1) is 9.69. The molecule has 0 aliphatic carbocycles. The molecule has 1 unspecified atom stereocenters. The van der Waals surface area contributed by atoms with Gasteiger partial charge in [0.25, 0.3) is 0 Å². The molecule has 0 aliphatic heterocycles. The highest BCUT2D eigenvalue weighted by atomic mass is 32.1. The summed E-state index contributed by atoms with van der Waals surface area (Å²) in [6.07, 6.45) is 2.41. The van der Waals surface area contributed by atoms with Crippen LogP contribution in [0.15, 0.2) is 41.1 Å². The van der Waals surface area contributed by atoms with Crippen molar-refractivity contribution < 1.29 is 4.79 Å². The summed E-state index contributed by atoms with van der Waals surface area (Å²) < 4.78 is 0. The molecule has 0 spiro atoms. The topological polar surface area (TPSA) is 29.1 Å². The van der Waals surface area contributed by atoms with Crippen molar-refractivity contribution in [3.8, 4) is 0 Å². The second-order valence-electron chi connectivity index (χ2n) is 5.02. The zero-order chi connectivity index (χ0) is 14.4. The predicted molar refractivity (Wildman–Crippen MR) is 85.0 cm³/mol. The molecule has 2 nitrogen and oxygen atoms in total. The van der Waals surface area contributed by atoms with Gasteiger partial charge in [-0.05, 0) is 53.3 Å². The highest BCUT2D eigenvalue weighted by molar-refractivity contribution is 7.07. The molecule has 0 radical (unpaired) electrons. The molecule has 1 amide bonds. The molecule has 3 heteroatoms. The van der Waals surface area contributed by atoms with Gasteiger partial charge in [0.05, 0.1) is 6.04 Å². The van der Waals surface area contributed by atoms with Crippen LogP contribution in [0.4, 0.5) is 0 Å². The van der Waals surface area contributed by atoms with Crippen molar-refractivity contribution in [3.05, 3.63) is 57.8 Å². The lowest BCUT2D eigenvalue weighted by Gasteiger charge is -2.14. The normalized spacial score (nSPS) is 12.1. The highest BCUT2D eigenvalue weighted by Gasteiger charge is 2.09. The fourth-order valence-electron chi connectivity index (χ4n) is 2.13. The number of amides is 1. The number of nitrogens with one attached hydrogen (secondary N) is 1. The lowest BCUT2D eigenvalue weighted by atomic mass is 10.0. The lowest BCUT2D eigenvalue weighted by Crippen LogP contribution is -2.26. The molecular weight excluding hydrogens is 266 g/mol. The monoisotopic (exact) mass is 287 g/mol. The van der Waals surface area contributed by atoms with Crippen LogP contribution in [0, 0.1) is 0 Å². The number of carbonyl (C=O) groups excluding carboxylic acids is 1. The zero-order valence-electron chi connectivity index (χ0n) is 12.1. The Morgan fingerprint density at radius 1 is 1.20 bits per heavy atom. The molecule has 1 heterocycles. The number of rotatable bonds is 6. The van der Waals surface area contributed by atoms with Crippen molar-refractivity contribution >= 4 is 17.2 Å². The second-order valence-corrected chi connectivity index (χ2v) is 5.80. The Labute approximate surface area is 124 Å². The molecule has 1 aromatic heterocycles. The summed E-state index contributed by atoms with van der Waals surface area (Å²) in [7, 11) is 0. The molecule has 1 atom stereocenters. The molecule has 20 heavy (non-hydrogen) atoms. The Morgan fingerprint density at radius 3 is 2.55 bits per heavy atom. The summed E-state index contributed by atoms with van der Waals surface area (Å²) in [5.74, 6) is 0.114. The van der Waals surface area contributed by atoms with Gasteiger partial charge in [-0.1, -0.05) is 31.2 Å². The minimum Gasteiger partial charge on any atom is -0.350 e. The first-order valence-corrected chi connectivity index (χ1v) is 8.02. The fraction of sp³-hybridized carbons (Fsp3) is 0.353. The van der Waals surface area contributed by atoms with Crippen molar-refractivity contribution in [3.63, 3.8) is 0 Å². The van der Waals surface area contributed by atoms with E-state index in [1.165, 1.54) is 11.1 Å². The van der Waals surface area contributed by atoms with Crippen LogP contribution in [0.3, 0.4) is 0 Å². The maximum absolute atomic E-state index is 11.9. The molecule has 0 saturated carbocycles. The third-order valence-corrected chi connectivity index (χ3v) is 4.22. The van der Waals surface area contributed by atoms with Gasteiger partial charge in [0.2, 0.25) is 5.91 Å². The quantitative estimate of drug-likeness (QED) is 0.850. The minimum atomic E-state index is 0.0656. The van der Waals surface area contributed by atoms with E-state index in [2.05, 4.69) is 48.0 Å². The number of benzene rings is 1. The Bertz CT molecular complexity index is 531. The minimum absolute atomic E-state index is 0.0656. The highest BCUT2D eigenvalue weighted by Crippen LogP contribution is 2.14. The average Bonchev–Trinajstić information content (AvgIpc) is 2.98. The Kier molecular flexibility index (Phi) is 5.36. The van der Waals surface area contributed by atoms with Gasteiger partial charge in [0.1, 0.15) is 0 Å². The van der Waals surface area contributed by atoms with Gasteiger partial charge < -0.3 is 5.32 Å². The molecule has 1 N–H and O–H groups in total. The first kappa shape index (κ1) is 14.8. The average molecular weight is 287 g/mol. The van der Waals surface area contributed by atoms with Crippen LogP contribution < -0.4 is 5.32 Å². The maximum atomic E-state index is 11.9. The molecule has 0 saturated heterocycles. The largest absolute Gasteiger partial charge is 0.350 e. The van der Waals surface area contributed by atoms with Crippen LogP contribution in [-0.4, -0.2) is 5.91 Å². The lowest BCUT2D eigenvalue weighted by molar-refractivity contribution is -0.121. The Hall–Kier alpha value is -1.61. The van der Waals surface area contributed by atoms with E-state index in [0.717, 1.165) is 18.4 Å². The Morgan fingerprint density at radius 2 is 1.95 bits per heavy atom. The molecular formula is C17H21NOS. The van der Waals surface area contributed by atoms with E-state index >= 15 is 0 Å². The summed E-state index contributed by atoms with van der Waals surface area (Å²) in [4.78, 5) is 11.9. The van der Waals surface area contributed by atoms with E-state index in [4.69, 9.17) is 0 Å². The second kappa shape index (κ2) is 7.25. The first-order valence-electron chi connectivity index (χ1n) is 7.08. The van der Waals surface area contributed by atoms with Gasteiger partial charge in [-0.2, -0.15) is 11.3 Å². The maximum Gasteiger partial charge on any atom is 0.220 e. The van der Waals surface area contributed by atoms with Gasteiger partial charge in [-0.25, -0.2) is 0 Å². The number of hydrogen-bond acceptors (Lipinski definition) is 2. The fourth-order valence-corrected chi connectivity index (χ4v) is 2.83. The smallest absolute Gasteiger partial charge is 0.220 e. The van der Waals surface area contributed by atoms with Crippen molar-refractivity contribution in [1.82, 2.24) is 5.32 Å². The van der Waals surface area contributed by atoms with E-state index in [-0.39, 0.29) is 11.9 Å². The van der Waals surface area contributed by atoms with Crippen LogP contribution in [0.25, 0.3) is 0 Å². The van der Waals surface area contributed by atoms with E-state index in [1.807, 2.05) is 12.3 Å². The van der Waals surface area contributed by atoms with Gasteiger partial charge in [0, 0.05) is 6.42 Å².